The van der Waals surface area contributed by atoms with Crippen LogP contribution in [0.3, 0.4) is 0 Å². The Labute approximate surface area is 174 Å². The molecule has 0 unspecified atom stereocenters. The molecule has 8 heteroatoms. The van der Waals surface area contributed by atoms with Crippen molar-refractivity contribution in [1.82, 2.24) is 5.43 Å². The summed E-state index contributed by atoms with van der Waals surface area (Å²) in [6, 6.07) is 8.66. The molecule has 0 aliphatic heterocycles. The molecule has 0 aliphatic rings. The van der Waals surface area contributed by atoms with Crippen LogP contribution in [0.25, 0.3) is 0 Å². The van der Waals surface area contributed by atoms with Gasteiger partial charge in [0.1, 0.15) is 5.82 Å². The molecule has 0 aromatic heterocycles. The Hall–Kier alpha value is -3.68. The van der Waals surface area contributed by atoms with Crippen LogP contribution in [0.15, 0.2) is 54.2 Å². The molecule has 3 N–H and O–H groups in total. The highest BCUT2D eigenvalue weighted by Gasteiger charge is 2.10. The molecule has 2 aromatic rings. The maximum absolute atomic E-state index is 12.9. The van der Waals surface area contributed by atoms with Gasteiger partial charge in [-0.2, -0.15) is 5.10 Å². The number of amides is 2. The summed E-state index contributed by atoms with van der Waals surface area (Å²) in [6.45, 7) is 5.85. The summed E-state index contributed by atoms with van der Waals surface area (Å²) in [6.07, 6.45) is 3.42. The molecular weight excluding hydrogens is 389 g/mol. The standard InChI is InChI=1S/C22H24FN3O4/c1-3-5-16-12-15(13-19(22(16)29)30-4-2)14-24-26-21(28)11-10-20(27)25-18-8-6-17(23)7-9-18/h3,6-9,12-14,29H,1,4-5,10-11H2,2H3,(H,25,27)(H,26,28)/b24-14+. The number of hydrazone groups is 1. The molecule has 0 bridgehead atoms. The zero-order valence-corrected chi connectivity index (χ0v) is 16.7. The molecule has 2 rings (SSSR count). The van der Waals surface area contributed by atoms with Gasteiger partial charge in [0.25, 0.3) is 0 Å². The number of anilines is 1. The number of nitrogens with one attached hydrogen (secondary N) is 2. The van der Waals surface area contributed by atoms with Crippen molar-refractivity contribution in [3.63, 3.8) is 0 Å². The van der Waals surface area contributed by atoms with E-state index >= 15 is 0 Å². The van der Waals surface area contributed by atoms with E-state index in [-0.39, 0.29) is 24.5 Å². The highest BCUT2D eigenvalue weighted by atomic mass is 19.1. The largest absolute Gasteiger partial charge is 0.504 e. The number of hydrogen-bond donors (Lipinski definition) is 3. The molecule has 30 heavy (non-hydrogen) atoms. The lowest BCUT2D eigenvalue weighted by atomic mass is 10.1. The molecule has 0 atom stereocenters. The maximum atomic E-state index is 12.9. The fourth-order valence-electron chi connectivity index (χ4n) is 2.56. The zero-order chi connectivity index (χ0) is 21.9. The summed E-state index contributed by atoms with van der Waals surface area (Å²) in [5.74, 6) is -0.832. The van der Waals surface area contributed by atoms with Crippen molar-refractivity contribution in [2.45, 2.75) is 26.2 Å². The number of halogens is 1. The number of allylic oxidation sites excluding steroid dienone is 1. The summed E-state index contributed by atoms with van der Waals surface area (Å²) in [7, 11) is 0. The summed E-state index contributed by atoms with van der Waals surface area (Å²) in [4.78, 5) is 23.8. The van der Waals surface area contributed by atoms with Gasteiger partial charge in [0.15, 0.2) is 11.5 Å². The molecule has 2 amide bonds. The van der Waals surface area contributed by atoms with E-state index in [4.69, 9.17) is 4.74 Å². The molecule has 158 valence electrons. The van der Waals surface area contributed by atoms with Crippen molar-refractivity contribution in [1.29, 1.82) is 0 Å². The minimum Gasteiger partial charge on any atom is -0.504 e. The van der Waals surface area contributed by atoms with Crippen LogP contribution >= 0.6 is 0 Å². The number of rotatable bonds is 10. The first-order valence-corrected chi connectivity index (χ1v) is 9.39. The highest BCUT2D eigenvalue weighted by Crippen LogP contribution is 2.31. The van der Waals surface area contributed by atoms with Crippen molar-refractivity contribution < 1.29 is 23.8 Å². The quantitative estimate of drug-likeness (QED) is 0.315. The summed E-state index contributed by atoms with van der Waals surface area (Å²) in [5.41, 5.74) is 4.06. The third-order valence-electron chi connectivity index (χ3n) is 3.95. The predicted octanol–water partition coefficient (Wildman–Crippen LogP) is 3.53. The van der Waals surface area contributed by atoms with Gasteiger partial charge in [-0.3, -0.25) is 9.59 Å². The number of hydrogen-bond acceptors (Lipinski definition) is 5. The number of nitrogens with zero attached hydrogens (tertiary/aromatic N) is 1. The van der Waals surface area contributed by atoms with Gasteiger partial charge in [-0.15, -0.1) is 6.58 Å². The summed E-state index contributed by atoms with van der Waals surface area (Å²) >= 11 is 0. The van der Waals surface area contributed by atoms with Crippen LogP contribution in [0.4, 0.5) is 10.1 Å². The monoisotopic (exact) mass is 413 g/mol. The predicted molar refractivity (Wildman–Crippen MR) is 113 cm³/mol. The molecule has 2 aromatic carbocycles. The Kier molecular flexibility index (Phi) is 8.56. The number of aromatic hydroxyl groups is 1. The minimum atomic E-state index is -0.435. The van der Waals surface area contributed by atoms with E-state index < -0.39 is 11.7 Å². The van der Waals surface area contributed by atoms with Crippen molar-refractivity contribution in [2.24, 2.45) is 5.10 Å². The van der Waals surface area contributed by atoms with Gasteiger partial charge in [-0.25, -0.2) is 9.82 Å². The summed E-state index contributed by atoms with van der Waals surface area (Å²) in [5, 5.41) is 16.6. The van der Waals surface area contributed by atoms with Crippen LogP contribution in [0.2, 0.25) is 0 Å². The highest BCUT2D eigenvalue weighted by molar-refractivity contribution is 5.93. The molecule has 0 aliphatic carbocycles. The van der Waals surface area contributed by atoms with E-state index in [0.29, 0.717) is 35.6 Å². The van der Waals surface area contributed by atoms with Gasteiger partial charge in [0.05, 0.1) is 12.8 Å². The first kappa shape index (κ1) is 22.6. The number of phenols is 1. The van der Waals surface area contributed by atoms with Crippen LogP contribution in [-0.4, -0.2) is 29.7 Å². The van der Waals surface area contributed by atoms with Gasteiger partial charge in [0.2, 0.25) is 11.8 Å². The Bertz CT molecular complexity index is 927. The third-order valence-corrected chi connectivity index (χ3v) is 3.95. The number of phenolic OH excluding ortho intramolecular Hbond substituents is 1. The van der Waals surface area contributed by atoms with Crippen LogP contribution < -0.4 is 15.5 Å². The van der Waals surface area contributed by atoms with Crippen molar-refractivity contribution >= 4 is 23.7 Å². The van der Waals surface area contributed by atoms with Gasteiger partial charge in [-0.05, 0) is 55.3 Å². The van der Waals surface area contributed by atoms with Gasteiger partial charge in [0, 0.05) is 24.1 Å². The smallest absolute Gasteiger partial charge is 0.240 e. The van der Waals surface area contributed by atoms with Crippen molar-refractivity contribution in [3.8, 4) is 11.5 Å². The minimum absolute atomic E-state index is 0.0457. The van der Waals surface area contributed by atoms with Crippen molar-refractivity contribution in [2.75, 3.05) is 11.9 Å². The second-order valence-corrected chi connectivity index (χ2v) is 6.30. The lowest BCUT2D eigenvalue weighted by molar-refractivity contribution is -0.124. The molecule has 0 saturated carbocycles. The fourth-order valence-corrected chi connectivity index (χ4v) is 2.56. The SMILES string of the molecule is C=CCc1cc(/C=N/NC(=O)CCC(=O)Nc2ccc(F)cc2)cc(OCC)c1O. The molecule has 0 saturated heterocycles. The molecular formula is C22H24FN3O4. The number of carbonyl (C=O) groups excluding carboxylic acids is 2. The van der Waals surface area contributed by atoms with E-state index in [1.54, 1.807) is 25.1 Å². The topological polar surface area (TPSA) is 100 Å². The third kappa shape index (κ3) is 7.05. The number of carbonyl (C=O) groups is 2. The second-order valence-electron chi connectivity index (χ2n) is 6.30. The Morgan fingerprint density at radius 2 is 1.90 bits per heavy atom. The lowest BCUT2D eigenvalue weighted by Gasteiger charge is -2.10. The second kappa shape index (κ2) is 11.4. The maximum Gasteiger partial charge on any atom is 0.240 e. The Morgan fingerprint density at radius 3 is 2.57 bits per heavy atom. The zero-order valence-electron chi connectivity index (χ0n) is 16.7. The first-order chi connectivity index (χ1) is 14.4. The van der Waals surface area contributed by atoms with Crippen LogP contribution in [0.5, 0.6) is 11.5 Å². The van der Waals surface area contributed by atoms with E-state index in [9.17, 15) is 19.1 Å². The normalized spacial score (nSPS) is 10.6. The fraction of sp³-hybridized carbons (Fsp3) is 0.227. The molecule has 0 heterocycles. The molecule has 0 fully saturated rings. The molecule has 0 radical (unpaired) electrons. The van der Waals surface area contributed by atoms with Gasteiger partial charge < -0.3 is 15.2 Å². The molecule has 7 nitrogen and oxygen atoms in total. The van der Waals surface area contributed by atoms with Crippen molar-refractivity contribution in [3.05, 3.63) is 66.0 Å². The first-order valence-electron chi connectivity index (χ1n) is 9.39. The summed E-state index contributed by atoms with van der Waals surface area (Å²) < 4.78 is 18.3. The Balaban J connectivity index is 1.88. The average molecular weight is 413 g/mol. The van der Waals surface area contributed by atoms with Gasteiger partial charge in [-0.1, -0.05) is 6.08 Å². The van der Waals surface area contributed by atoms with Crippen LogP contribution in [-0.2, 0) is 16.0 Å². The van der Waals surface area contributed by atoms with Crippen LogP contribution in [0, 0.1) is 5.82 Å². The van der Waals surface area contributed by atoms with Crippen LogP contribution in [0.1, 0.15) is 30.9 Å². The number of ether oxygens (including phenoxy) is 1. The van der Waals surface area contributed by atoms with E-state index in [1.165, 1.54) is 30.5 Å². The van der Waals surface area contributed by atoms with E-state index in [2.05, 4.69) is 22.4 Å². The average Bonchev–Trinajstić information content (AvgIpc) is 2.72. The van der Waals surface area contributed by atoms with Gasteiger partial charge >= 0.3 is 0 Å². The van der Waals surface area contributed by atoms with E-state index in [1.807, 2.05) is 0 Å². The number of benzene rings is 2. The molecule has 0 spiro atoms. The van der Waals surface area contributed by atoms with E-state index in [0.717, 1.165) is 0 Å². The lowest BCUT2D eigenvalue weighted by Crippen LogP contribution is -2.20. The Morgan fingerprint density at radius 1 is 1.20 bits per heavy atom.